The molecule has 3 rings (SSSR count). The van der Waals surface area contributed by atoms with Crippen molar-refractivity contribution in [2.24, 2.45) is 0 Å². The average Bonchev–Trinajstić information content (AvgIpc) is 3.23. The number of aromatic nitrogens is 7. The number of carbonyl (C=O) groups is 1. The van der Waals surface area contributed by atoms with E-state index < -0.39 is 0 Å². The smallest absolute Gasteiger partial charge is 0.253 e. The Morgan fingerprint density at radius 1 is 1.39 bits per heavy atom. The van der Waals surface area contributed by atoms with Gasteiger partial charge in [0, 0.05) is 6.54 Å². The van der Waals surface area contributed by atoms with Crippen LogP contribution in [0, 0.1) is 0 Å². The summed E-state index contributed by atoms with van der Waals surface area (Å²) in [6, 6.07) is 4.96. The lowest BCUT2D eigenvalue weighted by molar-refractivity contribution is 0.0949. The van der Waals surface area contributed by atoms with Gasteiger partial charge >= 0.3 is 0 Å². The van der Waals surface area contributed by atoms with E-state index in [1.165, 1.54) is 17.3 Å². The molecule has 1 aromatic carbocycles. The van der Waals surface area contributed by atoms with Gasteiger partial charge in [0.2, 0.25) is 0 Å². The summed E-state index contributed by atoms with van der Waals surface area (Å²) in [5.74, 6) is 0.395. The summed E-state index contributed by atoms with van der Waals surface area (Å²) in [5.41, 5.74) is 1.04. The molecule has 0 bridgehead atoms. The van der Waals surface area contributed by atoms with E-state index in [0.29, 0.717) is 28.6 Å². The molecule has 10 heteroatoms. The molecule has 0 aliphatic carbocycles. The lowest BCUT2D eigenvalue weighted by Crippen LogP contribution is -2.25. The van der Waals surface area contributed by atoms with Gasteiger partial charge in [0.15, 0.2) is 0 Å². The minimum Gasteiger partial charge on any atom is -0.345 e. The van der Waals surface area contributed by atoms with Gasteiger partial charge < -0.3 is 5.32 Å². The molecule has 0 aliphatic heterocycles. The molecular formula is C13H13ClN8O. The molecule has 0 spiro atoms. The highest BCUT2D eigenvalue weighted by Crippen LogP contribution is 2.19. The van der Waals surface area contributed by atoms with E-state index in [4.69, 9.17) is 11.6 Å². The van der Waals surface area contributed by atoms with E-state index in [1.807, 2.05) is 6.92 Å². The Labute approximate surface area is 136 Å². The molecule has 0 saturated carbocycles. The third-order valence-electron chi connectivity index (χ3n) is 3.21. The third kappa shape index (κ3) is 3.19. The van der Waals surface area contributed by atoms with Gasteiger partial charge in [0.25, 0.3) is 5.91 Å². The number of hydrogen-bond donors (Lipinski definition) is 1. The Morgan fingerprint density at radius 3 is 2.96 bits per heavy atom. The fraction of sp³-hybridized carbons (Fsp3) is 0.231. The van der Waals surface area contributed by atoms with E-state index >= 15 is 0 Å². The number of benzene rings is 1. The van der Waals surface area contributed by atoms with Crippen molar-refractivity contribution in [2.75, 3.05) is 0 Å². The monoisotopic (exact) mass is 332 g/mol. The lowest BCUT2D eigenvalue weighted by atomic mass is 10.2. The zero-order valence-corrected chi connectivity index (χ0v) is 13.0. The molecule has 0 saturated heterocycles. The highest BCUT2D eigenvalue weighted by Gasteiger charge is 2.13. The standard InChI is InChI=1S/C13H13ClN8O/c1-2-21-12(16-7-18-21)6-15-13(23)10-4-3-9(5-11(10)14)22-8-17-19-20-22/h3-5,7-8H,2,6H2,1H3,(H,15,23). The van der Waals surface area contributed by atoms with E-state index in [-0.39, 0.29) is 12.5 Å². The van der Waals surface area contributed by atoms with E-state index in [1.54, 1.807) is 22.9 Å². The minimum absolute atomic E-state index is 0.276. The number of rotatable bonds is 5. The SMILES string of the molecule is CCn1ncnc1CNC(=O)c1ccc(-n2cnnn2)cc1Cl. The first-order chi connectivity index (χ1) is 11.2. The maximum Gasteiger partial charge on any atom is 0.253 e. The van der Waals surface area contributed by atoms with E-state index in [9.17, 15) is 4.79 Å². The second-order valence-electron chi connectivity index (χ2n) is 4.59. The minimum atomic E-state index is -0.288. The van der Waals surface area contributed by atoms with Gasteiger partial charge in [0.05, 0.1) is 22.8 Å². The Hall–Kier alpha value is -2.81. The molecule has 0 aliphatic rings. The molecule has 9 nitrogen and oxygen atoms in total. The highest BCUT2D eigenvalue weighted by molar-refractivity contribution is 6.34. The molecule has 0 radical (unpaired) electrons. The summed E-state index contributed by atoms with van der Waals surface area (Å²) in [6.45, 7) is 2.92. The van der Waals surface area contributed by atoms with Crippen LogP contribution in [-0.4, -0.2) is 40.9 Å². The van der Waals surface area contributed by atoms with Gasteiger partial charge in [0.1, 0.15) is 18.5 Å². The Bertz CT molecular complexity index is 813. The maximum atomic E-state index is 12.3. The maximum absolute atomic E-state index is 12.3. The van der Waals surface area contributed by atoms with Crippen molar-refractivity contribution in [3.63, 3.8) is 0 Å². The van der Waals surface area contributed by atoms with E-state index in [0.717, 1.165) is 0 Å². The zero-order chi connectivity index (χ0) is 16.2. The summed E-state index contributed by atoms with van der Waals surface area (Å²) in [5, 5.41) is 18.0. The summed E-state index contributed by atoms with van der Waals surface area (Å²) >= 11 is 6.18. The van der Waals surface area contributed by atoms with Crippen LogP contribution >= 0.6 is 11.6 Å². The largest absolute Gasteiger partial charge is 0.345 e. The summed E-state index contributed by atoms with van der Waals surface area (Å²) in [4.78, 5) is 16.4. The van der Waals surface area contributed by atoms with Crippen LogP contribution in [0.15, 0.2) is 30.9 Å². The van der Waals surface area contributed by atoms with Gasteiger partial charge in [-0.15, -0.1) is 5.10 Å². The Morgan fingerprint density at radius 2 is 2.26 bits per heavy atom. The number of nitrogens with one attached hydrogen (secondary N) is 1. The van der Waals surface area contributed by atoms with Crippen molar-refractivity contribution in [3.05, 3.63) is 47.3 Å². The molecule has 0 unspecified atom stereocenters. The normalized spacial score (nSPS) is 10.7. The van der Waals surface area contributed by atoms with Gasteiger partial charge in [-0.05, 0) is 35.5 Å². The van der Waals surface area contributed by atoms with Crippen LogP contribution in [0.2, 0.25) is 5.02 Å². The lowest BCUT2D eigenvalue weighted by Gasteiger charge is -2.08. The first-order valence-corrected chi connectivity index (χ1v) is 7.24. The Balaban J connectivity index is 1.72. The molecule has 1 N–H and O–H groups in total. The van der Waals surface area contributed by atoms with Crippen molar-refractivity contribution in [1.29, 1.82) is 0 Å². The number of hydrogen-bond acceptors (Lipinski definition) is 6. The fourth-order valence-electron chi connectivity index (χ4n) is 2.05. The number of carbonyl (C=O) groups excluding carboxylic acids is 1. The highest BCUT2D eigenvalue weighted by atomic mass is 35.5. The van der Waals surface area contributed by atoms with Gasteiger partial charge in [-0.2, -0.15) is 5.10 Å². The molecule has 2 heterocycles. The van der Waals surface area contributed by atoms with Crippen LogP contribution in [0.5, 0.6) is 0 Å². The molecule has 3 aromatic rings. The van der Waals surface area contributed by atoms with Crippen LogP contribution in [0.4, 0.5) is 0 Å². The predicted molar refractivity (Wildman–Crippen MR) is 81.0 cm³/mol. The molecule has 2 aromatic heterocycles. The number of amides is 1. The molecule has 0 fully saturated rings. The van der Waals surface area contributed by atoms with Crippen molar-refractivity contribution < 1.29 is 4.79 Å². The summed E-state index contributed by atoms with van der Waals surface area (Å²) in [7, 11) is 0. The molecular weight excluding hydrogens is 320 g/mol. The third-order valence-corrected chi connectivity index (χ3v) is 3.53. The van der Waals surface area contributed by atoms with Crippen molar-refractivity contribution in [1.82, 2.24) is 40.3 Å². The first kappa shape index (κ1) is 15.1. The number of tetrazole rings is 1. The van der Waals surface area contributed by atoms with Gasteiger partial charge in [-0.25, -0.2) is 14.3 Å². The molecule has 0 atom stereocenters. The molecule has 118 valence electrons. The van der Waals surface area contributed by atoms with Gasteiger partial charge in [-0.1, -0.05) is 11.6 Å². The number of aryl methyl sites for hydroxylation is 1. The number of halogens is 1. The van der Waals surface area contributed by atoms with Crippen LogP contribution in [0.3, 0.4) is 0 Å². The second kappa shape index (κ2) is 6.53. The fourth-order valence-corrected chi connectivity index (χ4v) is 2.31. The number of nitrogens with zero attached hydrogens (tertiary/aromatic N) is 7. The van der Waals surface area contributed by atoms with E-state index in [2.05, 4.69) is 30.9 Å². The summed E-state index contributed by atoms with van der Waals surface area (Å²) < 4.78 is 3.17. The molecule has 1 amide bonds. The summed E-state index contributed by atoms with van der Waals surface area (Å²) in [6.07, 6.45) is 2.90. The van der Waals surface area contributed by atoms with Crippen LogP contribution < -0.4 is 5.32 Å². The zero-order valence-electron chi connectivity index (χ0n) is 12.2. The van der Waals surface area contributed by atoms with Crippen LogP contribution in [-0.2, 0) is 13.1 Å². The van der Waals surface area contributed by atoms with Crippen molar-refractivity contribution >= 4 is 17.5 Å². The second-order valence-corrected chi connectivity index (χ2v) is 5.00. The van der Waals surface area contributed by atoms with Gasteiger partial charge in [-0.3, -0.25) is 4.79 Å². The molecule has 23 heavy (non-hydrogen) atoms. The Kier molecular flexibility index (Phi) is 4.29. The average molecular weight is 333 g/mol. The van der Waals surface area contributed by atoms with Crippen molar-refractivity contribution in [3.8, 4) is 5.69 Å². The quantitative estimate of drug-likeness (QED) is 0.743. The van der Waals surface area contributed by atoms with Crippen molar-refractivity contribution in [2.45, 2.75) is 20.0 Å². The van der Waals surface area contributed by atoms with Crippen LogP contribution in [0.1, 0.15) is 23.1 Å². The topological polar surface area (TPSA) is 103 Å². The predicted octanol–water partition coefficient (Wildman–Crippen LogP) is 0.857. The first-order valence-electron chi connectivity index (χ1n) is 6.87. The van der Waals surface area contributed by atoms with Crippen LogP contribution in [0.25, 0.3) is 5.69 Å².